The van der Waals surface area contributed by atoms with Crippen LogP contribution in [-0.4, -0.2) is 92.3 Å². The van der Waals surface area contributed by atoms with Gasteiger partial charge in [0.2, 0.25) is 0 Å². The monoisotopic (exact) mass is 413 g/mol. The standard InChI is InChI=1S/C22H27N3O5/c1-3-25(4-2)9-5-6-14-10-15(19-16(11-14)12-23-24-19)7-8-17-20(27)22(29)21(28)18(13-26)30-17/h10-12,17-18,20-22,26-29H,3-4,9,13H2,1-2H3,(H,23,24)/t17-,18-,20-,21-,22-/m1/s1. The number of hydrogen-bond donors (Lipinski definition) is 5. The van der Waals surface area contributed by atoms with E-state index in [2.05, 4.69) is 52.6 Å². The van der Waals surface area contributed by atoms with Crippen LogP contribution in [0.5, 0.6) is 0 Å². The highest BCUT2D eigenvalue weighted by molar-refractivity contribution is 5.85. The number of aromatic nitrogens is 2. The van der Waals surface area contributed by atoms with Crippen LogP contribution in [0.4, 0.5) is 0 Å². The molecule has 1 aromatic carbocycles. The van der Waals surface area contributed by atoms with Crippen molar-refractivity contribution < 1.29 is 25.2 Å². The molecule has 5 N–H and O–H groups in total. The van der Waals surface area contributed by atoms with Crippen molar-refractivity contribution in [1.29, 1.82) is 0 Å². The van der Waals surface area contributed by atoms with Gasteiger partial charge >= 0.3 is 0 Å². The molecule has 0 amide bonds. The lowest BCUT2D eigenvalue weighted by Gasteiger charge is -2.37. The number of aliphatic hydroxyl groups is 4. The lowest BCUT2D eigenvalue weighted by atomic mass is 9.95. The average Bonchev–Trinajstić information content (AvgIpc) is 3.23. The summed E-state index contributed by atoms with van der Waals surface area (Å²) in [6.07, 6.45) is -4.64. The van der Waals surface area contributed by atoms with Gasteiger partial charge in [0.1, 0.15) is 30.5 Å². The number of rotatable bonds is 4. The van der Waals surface area contributed by atoms with E-state index < -0.39 is 37.1 Å². The summed E-state index contributed by atoms with van der Waals surface area (Å²) in [4.78, 5) is 2.21. The molecule has 0 radical (unpaired) electrons. The van der Waals surface area contributed by atoms with E-state index in [-0.39, 0.29) is 0 Å². The largest absolute Gasteiger partial charge is 0.394 e. The maximum absolute atomic E-state index is 10.2. The summed E-state index contributed by atoms with van der Waals surface area (Å²) in [6.45, 7) is 6.22. The van der Waals surface area contributed by atoms with Crippen LogP contribution >= 0.6 is 0 Å². The van der Waals surface area contributed by atoms with Crippen LogP contribution in [0.1, 0.15) is 25.0 Å². The first-order chi connectivity index (χ1) is 14.5. The van der Waals surface area contributed by atoms with Crippen molar-refractivity contribution in [3.63, 3.8) is 0 Å². The summed E-state index contributed by atoms with van der Waals surface area (Å²) in [5, 5.41) is 47.1. The maximum Gasteiger partial charge on any atom is 0.147 e. The minimum Gasteiger partial charge on any atom is -0.394 e. The van der Waals surface area contributed by atoms with Gasteiger partial charge in [-0.25, -0.2) is 0 Å². The van der Waals surface area contributed by atoms with Crippen LogP contribution in [0, 0.1) is 23.7 Å². The van der Waals surface area contributed by atoms with Gasteiger partial charge in [-0.15, -0.1) is 0 Å². The first kappa shape index (κ1) is 22.3. The predicted octanol–water partition coefficient (Wildman–Crippen LogP) is -0.550. The van der Waals surface area contributed by atoms with Crippen molar-refractivity contribution in [3.8, 4) is 23.7 Å². The van der Waals surface area contributed by atoms with Crippen molar-refractivity contribution in [3.05, 3.63) is 29.5 Å². The molecular formula is C22H27N3O5. The quantitative estimate of drug-likeness (QED) is 0.427. The van der Waals surface area contributed by atoms with Crippen LogP contribution in [-0.2, 0) is 4.74 Å². The first-order valence-electron chi connectivity index (χ1n) is 9.98. The zero-order valence-corrected chi connectivity index (χ0v) is 17.0. The minimum atomic E-state index is -1.46. The van der Waals surface area contributed by atoms with E-state index in [9.17, 15) is 20.4 Å². The van der Waals surface area contributed by atoms with Crippen LogP contribution < -0.4 is 0 Å². The Morgan fingerprint density at radius 1 is 1.10 bits per heavy atom. The van der Waals surface area contributed by atoms with Crippen LogP contribution in [0.2, 0.25) is 0 Å². The number of H-pyrrole nitrogens is 1. The summed E-state index contributed by atoms with van der Waals surface area (Å²) in [5.74, 6) is 12.1. The molecule has 5 atom stereocenters. The van der Waals surface area contributed by atoms with Crippen molar-refractivity contribution in [2.45, 2.75) is 44.4 Å². The number of ether oxygens (including phenoxy) is 1. The van der Waals surface area contributed by atoms with E-state index in [1.54, 1.807) is 6.20 Å². The van der Waals surface area contributed by atoms with E-state index in [1.807, 2.05) is 12.1 Å². The van der Waals surface area contributed by atoms with Crippen molar-refractivity contribution in [2.24, 2.45) is 0 Å². The molecule has 2 heterocycles. The molecule has 1 aliphatic rings. The zero-order chi connectivity index (χ0) is 21.7. The van der Waals surface area contributed by atoms with Crippen LogP contribution in [0.3, 0.4) is 0 Å². The van der Waals surface area contributed by atoms with E-state index in [1.165, 1.54) is 0 Å². The molecule has 2 aromatic rings. The Morgan fingerprint density at radius 3 is 2.57 bits per heavy atom. The second-order valence-corrected chi connectivity index (χ2v) is 7.14. The molecule has 0 aliphatic carbocycles. The van der Waals surface area contributed by atoms with Gasteiger partial charge in [-0.05, 0) is 25.2 Å². The van der Waals surface area contributed by atoms with Gasteiger partial charge in [-0.2, -0.15) is 5.10 Å². The van der Waals surface area contributed by atoms with Crippen molar-refractivity contribution >= 4 is 10.9 Å². The summed E-state index contributed by atoms with van der Waals surface area (Å²) in [6, 6.07) is 3.75. The third-order valence-corrected chi connectivity index (χ3v) is 5.22. The zero-order valence-electron chi connectivity index (χ0n) is 17.0. The summed E-state index contributed by atoms with van der Waals surface area (Å²) in [7, 11) is 0. The van der Waals surface area contributed by atoms with Gasteiger partial charge < -0.3 is 25.2 Å². The average molecular weight is 413 g/mol. The Hall–Kier alpha value is -2.43. The molecule has 8 nitrogen and oxygen atoms in total. The van der Waals surface area contributed by atoms with Gasteiger partial charge in [0.25, 0.3) is 0 Å². The number of benzene rings is 1. The number of nitrogens with zero attached hydrogens (tertiary/aromatic N) is 2. The lowest BCUT2D eigenvalue weighted by Crippen LogP contribution is -2.58. The van der Waals surface area contributed by atoms with E-state index in [0.29, 0.717) is 12.1 Å². The third-order valence-electron chi connectivity index (χ3n) is 5.22. The molecule has 160 valence electrons. The van der Waals surface area contributed by atoms with Gasteiger partial charge in [-0.1, -0.05) is 37.5 Å². The smallest absolute Gasteiger partial charge is 0.147 e. The Labute approximate surface area is 175 Å². The minimum absolute atomic E-state index is 0.495. The van der Waals surface area contributed by atoms with Gasteiger partial charge in [0, 0.05) is 10.9 Å². The van der Waals surface area contributed by atoms with Crippen LogP contribution in [0.15, 0.2) is 18.3 Å². The number of nitrogens with one attached hydrogen (secondary N) is 1. The molecule has 0 spiro atoms. The molecule has 8 heteroatoms. The number of aromatic amines is 1. The molecule has 0 bridgehead atoms. The molecule has 30 heavy (non-hydrogen) atoms. The predicted molar refractivity (Wildman–Crippen MR) is 111 cm³/mol. The molecule has 0 unspecified atom stereocenters. The SMILES string of the molecule is CCN(CC)CC#Cc1cc(C#C[C@H]2O[C@H](CO)[C@@H](O)[C@H](O)[C@@H]2O)c2[nH]ncc2c1. The Bertz CT molecular complexity index is 977. The second kappa shape index (κ2) is 10.1. The number of hydrogen-bond acceptors (Lipinski definition) is 7. The van der Waals surface area contributed by atoms with E-state index >= 15 is 0 Å². The topological polar surface area (TPSA) is 122 Å². The highest BCUT2D eigenvalue weighted by Gasteiger charge is 2.42. The van der Waals surface area contributed by atoms with E-state index in [0.717, 1.165) is 29.6 Å². The van der Waals surface area contributed by atoms with Crippen molar-refractivity contribution in [1.82, 2.24) is 15.1 Å². The highest BCUT2D eigenvalue weighted by Crippen LogP contribution is 2.22. The normalized spacial score (nSPS) is 26.2. The van der Waals surface area contributed by atoms with Crippen molar-refractivity contribution in [2.75, 3.05) is 26.2 Å². The van der Waals surface area contributed by atoms with Gasteiger partial charge in [-0.3, -0.25) is 10.00 Å². The molecule has 0 saturated carbocycles. The van der Waals surface area contributed by atoms with Gasteiger partial charge in [0.05, 0.1) is 30.4 Å². The molecule has 1 aromatic heterocycles. The van der Waals surface area contributed by atoms with Gasteiger partial charge in [0.15, 0.2) is 0 Å². The molecule has 3 rings (SSSR count). The van der Waals surface area contributed by atoms with Crippen LogP contribution in [0.25, 0.3) is 10.9 Å². The Morgan fingerprint density at radius 2 is 1.87 bits per heavy atom. The summed E-state index contributed by atoms with van der Waals surface area (Å²) in [5.41, 5.74) is 2.13. The third kappa shape index (κ3) is 4.82. The fourth-order valence-electron chi connectivity index (χ4n) is 3.30. The lowest BCUT2D eigenvalue weighted by molar-refractivity contribution is -0.214. The number of aliphatic hydroxyl groups excluding tert-OH is 4. The Balaban J connectivity index is 1.88. The Kier molecular flexibility index (Phi) is 7.46. The molecule has 1 fully saturated rings. The molecular weight excluding hydrogens is 386 g/mol. The fourth-order valence-corrected chi connectivity index (χ4v) is 3.30. The fraction of sp³-hybridized carbons (Fsp3) is 0.500. The van der Waals surface area contributed by atoms with E-state index in [4.69, 9.17) is 4.74 Å². The summed E-state index contributed by atoms with van der Waals surface area (Å²) >= 11 is 0. The molecule has 1 aliphatic heterocycles. The first-order valence-corrected chi connectivity index (χ1v) is 9.98. The summed E-state index contributed by atoms with van der Waals surface area (Å²) < 4.78 is 5.45. The second-order valence-electron chi connectivity index (χ2n) is 7.14. The number of fused-ring (bicyclic) bond motifs is 1. The highest BCUT2D eigenvalue weighted by atomic mass is 16.5. The molecule has 1 saturated heterocycles. The maximum atomic E-state index is 10.2.